The molecule has 0 aliphatic heterocycles. The van der Waals surface area contributed by atoms with Crippen molar-refractivity contribution in [3.63, 3.8) is 0 Å². The minimum atomic E-state index is 0. The highest BCUT2D eigenvalue weighted by Crippen LogP contribution is 2.13. The monoisotopic (exact) mass is 434 g/mol. The van der Waals surface area contributed by atoms with E-state index in [2.05, 4.69) is 52.1 Å². The van der Waals surface area contributed by atoms with Gasteiger partial charge < -0.3 is 15.2 Å². The van der Waals surface area contributed by atoms with Crippen LogP contribution >= 0.6 is 35.3 Å². The van der Waals surface area contributed by atoms with Crippen molar-refractivity contribution in [2.24, 2.45) is 10.9 Å². The van der Waals surface area contributed by atoms with Gasteiger partial charge in [0.05, 0.1) is 6.54 Å². The van der Waals surface area contributed by atoms with Crippen molar-refractivity contribution in [2.75, 3.05) is 13.1 Å². The van der Waals surface area contributed by atoms with Gasteiger partial charge in [0.15, 0.2) is 5.96 Å². The van der Waals surface area contributed by atoms with E-state index in [1.54, 1.807) is 6.26 Å². The fourth-order valence-electron chi connectivity index (χ4n) is 1.94. The topological polar surface area (TPSA) is 62.5 Å². The van der Waals surface area contributed by atoms with Gasteiger partial charge in [-0.05, 0) is 30.7 Å². The van der Waals surface area contributed by atoms with Gasteiger partial charge in [-0.25, -0.2) is 4.99 Å². The van der Waals surface area contributed by atoms with Gasteiger partial charge in [-0.1, -0.05) is 18.1 Å². The third-order valence-electron chi connectivity index (χ3n) is 2.98. The molecule has 2 rings (SSSR count). The lowest BCUT2D eigenvalue weighted by Crippen LogP contribution is -2.39. The molecule has 0 bridgehead atoms. The molecule has 0 radical (unpaired) electrons. The molecule has 0 aliphatic carbocycles. The second-order valence-corrected chi connectivity index (χ2v) is 5.99. The van der Waals surface area contributed by atoms with E-state index in [0.29, 0.717) is 12.5 Å². The van der Waals surface area contributed by atoms with Crippen LogP contribution in [-0.2, 0) is 13.0 Å². The molecule has 0 aliphatic rings. The SMILES string of the molecule is CCNC(=NCc1ccon1)NCC(C)Cc1cccs1.I. The lowest BCUT2D eigenvalue weighted by Gasteiger charge is -2.15. The molecule has 122 valence electrons. The van der Waals surface area contributed by atoms with Gasteiger partial charge >= 0.3 is 0 Å². The summed E-state index contributed by atoms with van der Waals surface area (Å²) in [5, 5.41) is 12.6. The van der Waals surface area contributed by atoms with Crippen LogP contribution in [0.1, 0.15) is 24.4 Å². The van der Waals surface area contributed by atoms with Crippen LogP contribution in [0.2, 0.25) is 0 Å². The first-order valence-electron chi connectivity index (χ1n) is 7.21. The quantitative estimate of drug-likeness (QED) is 0.399. The molecule has 2 aromatic rings. The Hall–Kier alpha value is -1.09. The average Bonchev–Trinajstić information content (AvgIpc) is 3.15. The summed E-state index contributed by atoms with van der Waals surface area (Å²) < 4.78 is 4.80. The van der Waals surface area contributed by atoms with Crippen LogP contribution in [-0.4, -0.2) is 24.2 Å². The highest BCUT2D eigenvalue weighted by Gasteiger charge is 2.06. The second kappa shape index (κ2) is 10.6. The molecule has 1 atom stereocenters. The van der Waals surface area contributed by atoms with Crippen LogP contribution in [0.15, 0.2) is 39.4 Å². The fourth-order valence-corrected chi connectivity index (χ4v) is 2.81. The fraction of sp³-hybridized carbons (Fsp3) is 0.467. The zero-order valence-electron chi connectivity index (χ0n) is 12.9. The Balaban J connectivity index is 0.00000242. The molecule has 0 amide bonds. The number of aromatic nitrogens is 1. The maximum atomic E-state index is 4.80. The number of hydrogen-bond donors (Lipinski definition) is 2. The van der Waals surface area contributed by atoms with Crippen molar-refractivity contribution >= 4 is 41.3 Å². The molecule has 2 aromatic heterocycles. The zero-order chi connectivity index (χ0) is 14.9. The molecule has 0 aromatic carbocycles. The van der Waals surface area contributed by atoms with Gasteiger partial charge in [0.1, 0.15) is 12.0 Å². The van der Waals surface area contributed by atoms with Crippen LogP contribution in [0, 0.1) is 5.92 Å². The summed E-state index contributed by atoms with van der Waals surface area (Å²) in [5.41, 5.74) is 0.832. The minimum Gasteiger partial charge on any atom is -0.364 e. The number of nitrogens with zero attached hydrogens (tertiary/aromatic N) is 2. The van der Waals surface area contributed by atoms with E-state index < -0.39 is 0 Å². The van der Waals surface area contributed by atoms with Crippen molar-refractivity contribution in [1.82, 2.24) is 15.8 Å². The van der Waals surface area contributed by atoms with Gasteiger partial charge in [-0.2, -0.15) is 0 Å². The molecular weight excluding hydrogens is 411 g/mol. The lowest BCUT2D eigenvalue weighted by molar-refractivity contribution is 0.412. The first kappa shape index (κ1) is 19.0. The van der Waals surface area contributed by atoms with Crippen LogP contribution in [0.3, 0.4) is 0 Å². The van der Waals surface area contributed by atoms with E-state index in [0.717, 1.165) is 31.2 Å². The van der Waals surface area contributed by atoms with Crippen molar-refractivity contribution in [3.05, 3.63) is 40.4 Å². The molecule has 7 heteroatoms. The van der Waals surface area contributed by atoms with Gasteiger partial charge in [0, 0.05) is 24.0 Å². The minimum absolute atomic E-state index is 0. The average molecular weight is 434 g/mol. The summed E-state index contributed by atoms with van der Waals surface area (Å²) in [7, 11) is 0. The van der Waals surface area contributed by atoms with E-state index >= 15 is 0 Å². The molecule has 2 heterocycles. The number of thiophene rings is 1. The normalized spacial score (nSPS) is 12.5. The van der Waals surface area contributed by atoms with Crippen LogP contribution in [0.5, 0.6) is 0 Å². The smallest absolute Gasteiger partial charge is 0.191 e. The number of aliphatic imine (C=N–C) groups is 1. The second-order valence-electron chi connectivity index (χ2n) is 4.96. The molecule has 0 spiro atoms. The van der Waals surface area contributed by atoms with E-state index in [9.17, 15) is 0 Å². The number of guanidine groups is 1. The maximum Gasteiger partial charge on any atom is 0.191 e. The molecule has 0 fully saturated rings. The van der Waals surface area contributed by atoms with Gasteiger partial charge in [-0.3, -0.25) is 0 Å². The predicted molar refractivity (Wildman–Crippen MR) is 102 cm³/mol. The van der Waals surface area contributed by atoms with Crippen molar-refractivity contribution in [2.45, 2.75) is 26.8 Å². The number of rotatable bonds is 7. The molecular formula is C15H23IN4OS. The van der Waals surface area contributed by atoms with Crippen molar-refractivity contribution in [1.29, 1.82) is 0 Å². The molecule has 22 heavy (non-hydrogen) atoms. The third-order valence-corrected chi connectivity index (χ3v) is 3.88. The standard InChI is InChI=1S/C15H22N4OS.HI/c1-3-16-15(18-11-13-6-7-20-19-13)17-10-12(2)9-14-5-4-8-21-14;/h4-8,12H,3,9-11H2,1-2H3,(H2,16,17,18);1H. The summed E-state index contributed by atoms with van der Waals surface area (Å²) in [4.78, 5) is 5.92. The van der Waals surface area contributed by atoms with Crippen LogP contribution in [0.4, 0.5) is 0 Å². The Bertz CT molecular complexity index is 528. The summed E-state index contributed by atoms with van der Waals surface area (Å²) in [6, 6.07) is 6.11. The highest BCUT2D eigenvalue weighted by atomic mass is 127. The van der Waals surface area contributed by atoms with Gasteiger partial charge in [0.25, 0.3) is 0 Å². The van der Waals surface area contributed by atoms with E-state index in [4.69, 9.17) is 4.52 Å². The molecule has 1 unspecified atom stereocenters. The first-order valence-corrected chi connectivity index (χ1v) is 8.09. The summed E-state index contributed by atoms with van der Waals surface area (Å²) in [6.45, 7) is 6.55. The largest absolute Gasteiger partial charge is 0.364 e. The van der Waals surface area contributed by atoms with Crippen LogP contribution < -0.4 is 10.6 Å². The Labute approximate surface area is 152 Å². The molecule has 2 N–H and O–H groups in total. The lowest BCUT2D eigenvalue weighted by atomic mass is 10.1. The van der Waals surface area contributed by atoms with E-state index in [1.165, 1.54) is 4.88 Å². The van der Waals surface area contributed by atoms with Gasteiger partial charge in [0.2, 0.25) is 0 Å². The Morgan fingerprint density at radius 3 is 2.91 bits per heavy atom. The third kappa shape index (κ3) is 6.78. The number of halogens is 1. The van der Waals surface area contributed by atoms with Crippen LogP contribution in [0.25, 0.3) is 0 Å². The number of hydrogen-bond acceptors (Lipinski definition) is 4. The van der Waals surface area contributed by atoms with Crippen molar-refractivity contribution in [3.8, 4) is 0 Å². The first-order chi connectivity index (χ1) is 10.3. The Morgan fingerprint density at radius 2 is 2.27 bits per heavy atom. The Morgan fingerprint density at radius 1 is 1.41 bits per heavy atom. The number of nitrogens with one attached hydrogen (secondary N) is 2. The molecule has 5 nitrogen and oxygen atoms in total. The predicted octanol–water partition coefficient (Wildman–Crippen LogP) is 3.29. The highest BCUT2D eigenvalue weighted by molar-refractivity contribution is 14.0. The summed E-state index contributed by atoms with van der Waals surface area (Å²) >= 11 is 1.81. The molecule has 0 saturated carbocycles. The van der Waals surface area contributed by atoms with E-state index in [1.807, 2.05) is 17.4 Å². The van der Waals surface area contributed by atoms with Gasteiger partial charge in [-0.15, -0.1) is 35.3 Å². The summed E-state index contributed by atoms with van der Waals surface area (Å²) in [6.07, 6.45) is 2.65. The summed E-state index contributed by atoms with van der Waals surface area (Å²) in [5.74, 6) is 1.37. The zero-order valence-corrected chi connectivity index (χ0v) is 16.1. The van der Waals surface area contributed by atoms with E-state index in [-0.39, 0.29) is 24.0 Å². The van der Waals surface area contributed by atoms with Crippen molar-refractivity contribution < 1.29 is 4.52 Å². The molecule has 0 saturated heterocycles. The Kier molecular flexibility index (Phi) is 9.14. The maximum absolute atomic E-state index is 4.80.